The van der Waals surface area contributed by atoms with Crippen LogP contribution >= 0.6 is 0 Å². The Kier molecular flexibility index (Phi) is 15.0. The maximum atomic E-state index is 10.9. The molecule has 0 aromatic rings. The minimum Gasteiger partial charge on any atom is -0.369 e. The quantitative estimate of drug-likeness (QED) is 0.303. The van der Waals surface area contributed by atoms with Crippen LogP contribution in [-0.4, -0.2) is 5.91 Å². The molecule has 0 aromatic heterocycles. The predicted molar refractivity (Wildman–Crippen MR) is 93.2 cm³/mol. The van der Waals surface area contributed by atoms with Gasteiger partial charge in [-0.15, -0.1) is 0 Å². The van der Waals surface area contributed by atoms with E-state index in [1.165, 1.54) is 70.6 Å². The minimum atomic E-state index is -0.160. The summed E-state index contributed by atoms with van der Waals surface area (Å²) in [5.41, 5.74) is 5.24. The molecule has 0 saturated carbocycles. The number of rotatable bonds is 15. The Morgan fingerprint density at radius 3 is 1.86 bits per heavy atom. The molecule has 124 valence electrons. The van der Waals surface area contributed by atoms with E-state index in [0.717, 1.165) is 12.8 Å². The van der Waals surface area contributed by atoms with Gasteiger partial charge >= 0.3 is 0 Å². The van der Waals surface area contributed by atoms with Gasteiger partial charge in [0.2, 0.25) is 5.91 Å². The molecule has 0 aliphatic heterocycles. The van der Waals surface area contributed by atoms with Gasteiger partial charge in [0, 0.05) is 5.92 Å². The molecule has 21 heavy (non-hydrogen) atoms. The highest BCUT2D eigenvalue weighted by atomic mass is 16.1. The molecule has 1 atom stereocenters. The molecular weight excluding hydrogens is 258 g/mol. The molecule has 1 unspecified atom stereocenters. The molecular formula is C19H37NO. The van der Waals surface area contributed by atoms with Crippen LogP contribution in [-0.2, 0) is 4.79 Å². The van der Waals surface area contributed by atoms with Crippen LogP contribution in [0.5, 0.6) is 0 Å². The summed E-state index contributed by atoms with van der Waals surface area (Å²) in [6.07, 6.45) is 21.3. The lowest BCUT2D eigenvalue weighted by atomic mass is 10.0. The number of primary amides is 1. The predicted octanol–water partition coefficient (Wildman–Crippen LogP) is 5.76. The normalized spacial score (nSPS) is 12.9. The number of hydrogen-bond acceptors (Lipinski definition) is 1. The maximum Gasteiger partial charge on any atom is 0.220 e. The van der Waals surface area contributed by atoms with Crippen LogP contribution < -0.4 is 5.73 Å². The number of carbonyl (C=O) groups excluding carboxylic acids is 1. The molecule has 0 aromatic carbocycles. The van der Waals surface area contributed by atoms with Crippen LogP contribution in [0.2, 0.25) is 0 Å². The van der Waals surface area contributed by atoms with Crippen molar-refractivity contribution in [1.29, 1.82) is 0 Å². The zero-order valence-electron chi connectivity index (χ0n) is 14.4. The molecule has 0 aliphatic rings. The molecule has 0 bridgehead atoms. The van der Waals surface area contributed by atoms with E-state index in [1.54, 1.807) is 0 Å². The third kappa shape index (κ3) is 15.4. The lowest BCUT2D eigenvalue weighted by molar-refractivity contribution is -0.121. The second-order valence-electron chi connectivity index (χ2n) is 6.32. The fourth-order valence-electron chi connectivity index (χ4n) is 2.49. The van der Waals surface area contributed by atoms with Gasteiger partial charge in [-0.1, -0.05) is 77.4 Å². The van der Waals surface area contributed by atoms with Crippen LogP contribution in [0.4, 0.5) is 0 Å². The maximum absolute atomic E-state index is 10.9. The second kappa shape index (κ2) is 15.6. The first-order valence-electron chi connectivity index (χ1n) is 9.12. The van der Waals surface area contributed by atoms with E-state index in [9.17, 15) is 4.79 Å². The summed E-state index contributed by atoms with van der Waals surface area (Å²) in [4.78, 5) is 10.9. The van der Waals surface area contributed by atoms with E-state index in [2.05, 4.69) is 19.1 Å². The number of nitrogens with two attached hydrogens (primary N) is 1. The van der Waals surface area contributed by atoms with E-state index in [4.69, 9.17) is 5.73 Å². The Labute approximate surface area is 132 Å². The highest BCUT2D eigenvalue weighted by Crippen LogP contribution is 2.11. The van der Waals surface area contributed by atoms with Gasteiger partial charge < -0.3 is 5.73 Å². The lowest BCUT2D eigenvalue weighted by Crippen LogP contribution is -2.20. The van der Waals surface area contributed by atoms with Crippen LogP contribution in [0, 0.1) is 5.92 Å². The van der Waals surface area contributed by atoms with Crippen LogP contribution in [0.15, 0.2) is 12.2 Å². The molecule has 2 N–H and O–H groups in total. The molecule has 0 saturated heterocycles. The standard InChI is InChI=1S/C19H37NO/c1-3-4-5-6-7-8-9-10-11-12-13-14-15-16-17-18(2)19(20)21/h10-11,18H,3-9,12-17H2,1-2H3,(H2,20,21)/b11-10+. The van der Waals surface area contributed by atoms with Crippen molar-refractivity contribution in [2.45, 2.75) is 97.3 Å². The fourth-order valence-corrected chi connectivity index (χ4v) is 2.49. The first kappa shape index (κ1) is 20.2. The second-order valence-corrected chi connectivity index (χ2v) is 6.32. The average Bonchev–Trinajstić information content (AvgIpc) is 2.47. The van der Waals surface area contributed by atoms with Crippen molar-refractivity contribution < 1.29 is 4.79 Å². The summed E-state index contributed by atoms with van der Waals surface area (Å²) in [6.45, 7) is 4.19. The van der Waals surface area contributed by atoms with Crippen molar-refractivity contribution in [3.63, 3.8) is 0 Å². The zero-order valence-corrected chi connectivity index (χ0v) is 14.4. The van der Waals surface area contributed by atoms with E-state index >= 15 is 0 Å². The Balaban J connectivity index is 3.17. The smallest absolute Gasteiger partial charge is 0.220 e. The SMILES string of the molecule is CCCCCCCC/C=C/CCCCCCC(C)C(N)=O. The third-order valence-electron chi connectivity index (χ3n) is 4.13. The molecule has 0 rings (SSSR count). The van der Waals surface area contributed by atoms with Crippen LogP contribution in [0.25, 0.3) is 0 Å². The molecule has 2 heteroatoms. The molecule has 0 radical (unpaired) electrons. The summed E-state index contributed by atoms with van der Waals surface area (Å²) in [7, 11) is 0. The summed E-state index contributed by atoms with van der Waals surface area (Å²) < 4.78 is 0. The number of allylic oxidation sites excluding steroid dienone is 2. The Bertz CT molecular complexity index is 260. The first-order chi connectivity index (χ1) is 10.2. The number of unbranched alkanes of at least 4 members (excludes halogenated alkanes) is 10. The molecule has 2 nitrogen and oxygen atoms in total. The third-order valence-corrected chi connectivity index (χ3v) is 4.13. The van der Waals surface area contributed by atoms with Crippen LogP contribution in [0.3, 0.4) is 0 Å². The van der Waals surface area contributed by atoms with Gasteiger partial charge in [-0.2, -0.15) is 0 Å². The Morgan fingerprint density at radius 2 is 1.33 bits per heavy atom. The average molecular weight is 296 g/mol. The number of hydrogen-bond donors (Lipinski definition) is 1. The summed E-state index contributed by atoms with van der Waals surface area (Å²) >= 11 is 0. The van der Waals surface area contributed by atoms with Crippen molar-refractivity contribution in [2.75, 3.05) is 0 Å². The van der Waals surface area contributed by atoms with Gasteiger partial charge in [-0.05, 0) is 32.1 Å². The molecule has 0 aliphatic carbocycles. The van der Waals surface area contributed by atoms with Gasteiger partial charge in [0.25, 0.3) is 0 Å². The topological polar surface area (TPSA) is 43.1 Å². The highest BCUT2D eigenvalue weighted by molar-refractivity contribution is 5.76. The van der Waals surface area contributed by atoms with Gasteiger partial charge in [0.05, 0.1) is 0 Å². The van der Waals surface area contributed by atoms with Crippen molar-refractivity contribution in [2.24, 2.45) is 11.7 Å². The molecule has 1 amide bonds. The van der Waals surface area contributed by atoms with E-state index < -0.39 is 0 Å². The van der Waals surface area contributed by atoms with E-state index in [-0.39, 0.29) is 11.8 Å². The number of amides is 1. The molecule has 0 heterocycles. The van der Waals surface area contributed by atoms with Crippen molar-refractivity contribution in [3.8, 4) is 0 Å². The lowest BCUT2D eigenvalue weighted by Gasteiger charge is -2.05. The minimum absolute atomic E-state index is 0.0437. The first-order valence-corrected chi connectivity index (χ1v) is 9.12. The zero-order chi connectivity index (χ0) is 15.8. The Morgan fingerprint density at radius 1 is 0.857 bits per heavy atom. The highest BCUT2D eigenvalue weighted by Gasteiger charge is 2.06. The number of carbonyl (C=O) groups is 1. The van der Waals surface area contributed by atoms with Gasteiger partial charge in [-0.25, -0.2) is 0 Å². The monoisotopic (exact) mass is 295 g/mol. The van der Waals surface area contributed by atoms with E-state index in [0.29, 0.717) is 0 Å². The van der Waals surface area contributed by atoms with Gasteiger partial charge in [-0.3, -0.25) is 4.79 Å². The Hall–Kier alpha value is -0.790. The molecule has 0 fully saturated rings. The van der Waals surface area contributed by atoms with Crippen molar-refractivity contribution >= 4 is 5.91 Å². The van der Waals surface area contributed by atoms with Crippen molar-refractivity contribution in [1.82, 2.24) is 0 Å². The van der Waals surface area contributed by atoms with E-state index in [1.807, 2.05) is 6.92 Å². The summed E-state index contributed by atoms with van der Waals surface area (Å²) in [5, 5.41) is 0. The summed E-state index contributed by atoms with van der Waals surface area (Å²) in [6, 6.07) is 0. The molecule has 0 spiro atoms. The summed E-state index contributed by atoms with van der Waals surface area (Å²) in [5.74, 6) is -0.116. The fraction of sp³-hybridized carbons (Fsp3) is 0.842. The van der Waals surface area contributed by atoms with Gasteiger partial charge in [0.15, 0.2) is 0 Å². The largest absolute Gasteiger partial charge is 0.369 e. The van der Waals surface area contributed by atoms with Gasteiger partial charge in [0.1, 0.15) is 0 Å². The van der Waals surface area contributed by atoms with Crippen LogP contribution in [0.1, 0.15) is 97.3 Å². The van der Waals surface area contributed by atoms with Crippen molar-refractivity contribution in [3.05, 3.63) is 12.2 Å².